The molecule has 9 heteroatoms. The van der Waals surface area contributed by atoms with E-state index in [1.54, 1.807) is 18.2 Å². The second-order valence-corrected chi connectivity index (χ2v) is 7.63. The largest absolute Gasteiger partial charge is 0.395 e. The van der Waals surface area contributed by atoms with Crippen LogP contribution in [0.2, 0.25) is 10.0 Å². The number of anilines is 1. The third kappa shape index (κ3) is 5.26. The lowest BCUT2D eigenvalue weighted by Crippen LogP contribution is -2.16. The number of aromatic nitrogens is 3. The predicted molar refractivity (Wildman–Crippen MR) is 112 cm³/mol. The highest BCUT2D eigenvalue weighted by molar-refractivity contribution is 7.99. The van der Waals surface area contributed by atoms with E-state index in [9.17, 15) is 9.90 Å². The Kier molecular flexibility index (Phi) is 7.33. The van der Waals surface area contributed by atoms with Gasteiger partial charge in [0.15, 0.2) is 5.16 Å². The lowest BCUT2D eigenvalue weighted by atomic mass is 10.1. The fourth-order valence-corrected chi connectivity index (χ4v) is 3.86. The molecule has 0 fully saturated rings. The molecule has 0 unspecified atom stereocenters. The first-order chi connectivity index (χ1) is 13.6. The molecule has 28 heavy (non-hydrogen) atoms. The first kappa shape index (κ1) is 20.7. The molecule has 0 radical (unpaired) electrons. The van der Waals surface area contributed by atoms with Gasteiger partial charge in [-0.2, -0.15) is 0 Å². The lowest BCUT2D eigenvalue weighted by Gasteiger charge is -2.10. The summed E-state index contributed by atoms with van der Waals surface area (Å²) in [5, 5.41) is 21.8. The molecule has 0 aliphatic heterocycles. The van der Waals surface area contributed by atoms with E-state index >= 15 is 0 Å². The number of benzene rings is 2. The van der Waals surface area contributed by atoms with E-state index in [1.807, 2.05) is 34.9 Å². The SMILES string of the molecule is O=C(CSc1nnc(Cc2ccccc2)n1CCO)Nc1c(Cl)cccc1Cl. The normalized spacial score (nSPS) is 10.8. The minimum Gasteiger partial charge on any atom is -0.395 e. The van der Waals surface area contributed by atoms with Crippen LogP contribution >= 0.6 is 35.0 Å². The van der Waals surface area contributed by atoms with Crippen LogP contribution in [-0.2, 0) is 17.8 Å². The lowest BCUT2D eigenvalue weighted by molar-refractivity contribution is -0.113. The number of nitrogens with one attached hydrogen (secondary N) is 1. The van der Waals surface area contributed by atoms with E-state index in [1.165, 1.54) is 11.8 Å². The molecule has 0 saturated carbocycles. The number of aliphatic hydroxyl groups is 1. The van der Waals surface area contributed by atoms with Crippen LogP contribution in [0, 0.1) is 0 Å². The number of thioether (sulfide) groups is 1. The van der Waals surface area contributed by atoms with E-state index in [2.05, 4.69) is 15.5 Å². The number of nitrogens with zero attached hydrogens (tertiary/aromatic N) is 3. The van der Waals surface area contributed by atoms with Gasteiger partial charge in [-0.3, -0.25) is 4.79 Å². The third-order valence-electron chi connectivity index (χ3n) is 3.88. The Bertz CT molecular complexity index is 930. The molecule has 3 rings (SSSR count). The molecule has 3 aromatic rings. The number of rotatable bonds is 8. The minimum atomic E-state index is -0.261. The molecule has 0 aliphatic carbocycles. The first-order valence-electron chi connectivity index (χ1n) is 8.52. The van der Waals surface area contributed by atoms with Crippen molar-refractivity contribution < 1.29 is 9.90 Å². The predicted octanol–water partition coefficient (Wildman–Crippen LogP) is 3.90. The van der Waals surface area contributed by atoms with Gasteiger partial charge in [-0.1, -0.05) is 71.4 Å². The van der Waals surface area contributed by atoms with Crippen molar-refractivity contribution in [2.75, 3.05) is 17.7 Å². The number of hydrogen-bond donors (Lipinski definition) is 2. The molecule has 1 amide bonds. The van der Waals surface area contributed by atoms with Crippen molar-refractivity contribution in [3.8, 4) is 0 Å². The molecule has 1 aromatic heterocycles. The van der Waals surface area contributed by atoms with Gasteiger partial charge in [-0.25, -0.2) is 0 Å². The Balaban J connectivity index is 1.67. The maximum Gasteiger partial charge on any atom is 0.234 e. The highest BCUT2D eigenvalue weighted by Gasteiger charge is 2.15. The first-order valence-corrected chi connectivity index (χ1v) is 10.3. The van der Waals surface area contributed by atoms with Crippen molar-refractivity contribution in [3.05, 3.63) is 70.0 Å². The summed E-state index contributed by atoms with van der Waals surface area (Å²) in [6.07, 6.45) is 0.593. The molecule has 6 nitrogen and oxygen atoms in total. The molecule has 0 saturated heterocycles. The maximum absolute atomic E-state index is 12.3. The second kappa shape index (κ2) is 9.93. The average Bonchev–Trinajstić information content (AvgIpc) is 3.06. The van der Waals surface area contributed by atoms with E-state index in [0.29, 0.717) is 33.9 Å². The van der Waals surface area contributed by atoms with Gasteiger partial charge in [0, 0.05) is 13.0 Å². The van der Waals surface area contributed by atoms with Crippen molar-refractivity contribution >= 4 is 46.6 Å². The molecule has 1 heterocycles. The van der Waals surface area contributed by atoms with Crippen LogP contribution in [0.15, 0.2) is 53.7 Å². The van der Waals surface area contributed by atoms with Gasteiger partial charge in [0.05, 0.1) is 28.1 Å². The third-order valence-corrected chi connectivity index (χ3v) is 5.48. The smallest absolute Gasteiger partial charge is 0.234 e. The monoisotopic (exact) mass is 436 g/mol. The molecule has 0 bridgehead atoms. The Hall–Kier alpha value is -2.06. The standard InChI is InChI=1S/C19H18Cl2N4O2S/c20-14-7-4-8-15(21)18(14)22-17(27)12-28-19-24-23-16(25(19)9-10-26)11-13-5-2-1-3-6-13/h1-8,26H,9-12H2,(H,22,27). The number of hydrogen-bond acceptors (Lipinski definition) is 5. The van der Waals surface area contributed by atoms with Gasteiger partial charge in [0.2, 0.25) is 5.91 Å². The summed E-state index contributed by atoms with van der Waals surface area (Å²) in [6, 6.07) is 14.9. The van der Waals surface area contributed by atoms with Crippen LogP contribution in [0.5, 0.6) is 0 Å². The van der Waals surface area contributed by atoms with Crippen LogP contribution in [0.4, 0.5) is 5.69 Å². The van der Waals surface area contributed by atoms with Crippen LogP contribution in [0.1, 0.15) is 11.4 Å². The second-order valence-electron chi connectivity index (χ2n) is 5.87. The van der Waals surface area contributed by atoms with Gasteiger partial charge >= 0.3 is 0 Å². The Morgan fingerprint density at radius 3 is 2.46 bits per heavy atom. The van der Waals surface area contributed by atoms with Crippen molar-refractivity contribution in [1.82, 2.24) is 14.8 Å². The summed E-state index contributed by atoms with van der Waals surface area (Å²) in [5.41, 5.74) is 1.48. The Morgan fingerprint density at radius 2 is 1.79 bits per heavy atom. The number of para-hydroxylation sites is 1. The number of aliphatic hydroxyl groups excluding tert-OH is 1. The van der Waals surface area contributed by atoms with Crippen molar-refractivity contribution in [3.63, 3.8) is 0 Å². The minimum absolute atomic E-state index is 0.0468. The Labute approximate surface area is 176 Å². The summed E-state index contributed by atoms with van der Waals surface area (Å²) >= 11 is 13.4. The van der Waals surface area contributed by atoms with Crippen molar-refractivity contribution in [2.45, 2.75) is 18.1 Å². The average molecular weight is 437 g/mol. The molecule has 2 aromatic carbocycles. The van der Waals surface area contributed by atoms with Crippen molar-refractivity contribution in [2.24, 2.45) is 0 Å². The molecule has 146 valence electrons. The van der Waals surface area contributed by atoms with Gasteiger partial charge in [-0.05, 0) is 17.7 Å². The fraction of sp³-hybridized carbons (Fsp3) is 0.211. The number of carbonyl (C=O) groups excluding carboxylic acids is 1. The summed E-state index contributed by atoms with van der Waals surface area (Å²) in [6.45, 7) is 0.310. The molecule has 2 N–H and O–H groups in total. The fourth-order valence-electron chi connectivity index (χ4n) is 2.58. The van der Waals surface area contributed by atoms with Crippen LogP contribution < -0.4 is 5.32 Å². The zero-order valence-electron chi connectivity index (χ0n) is 14.8. The number of carbonyl (C=O) groups is 1. The van der Waals surface area contributed by atoms with Crippen molar-refractivity contribution in [1.29, 1.82) is 0 Å². The topological polar surface area (TPSA) is 80.0 Å². The van der Waals surface area contributed by atoms with Gasteiger partial charge < -0.3 is 15.0 Å². The van der Waals surface area contributed by atoms with Gasteiger partial charge in [0.25, 0.3) is 0 Å². The van der Waals surface area contributed by atoms with E-state index < -0.39 is 0 Å². The van der Waals surface area contributed by atoms with Crippen LogP contribution in [-0.4, -0.2) is 38.1 Å². The van der Waals surface area contributed by atoms with Gasteiger partial charge in [0.1, 0.15) is 5.82 Å². The molecular formula is C19H18Cl2N4O2S. The summed E-state index contributed by atoms with van der Waals surface area (Å²) in [4.78, 5) is 12.3. The molecule has 0 atom stereocenters. The number of amides is 1. The summed E-state index contributed by atoms with van der Waals surface area (Å²) in [7, 11) is 0. The van der Waals surface area contributed by atoms with Crippen LogP contribution in [0.3, 0.4) is 0 Å². The molecule has 0 aliphatic rings. The highest BCUT2D eigenvalue weighted by atomic mass is 35.5. The van der Waals surface area contributed by atoms with E-state index in [-0.39, 0.29) is 18.3 Å². The zero-order chi connectivity index (χ0) is 19.9. The van der Waals surface area contributed by atoms with Crippen LogP contribution in [0.25, 0.3) is 0 Å². The van der Waals surface area contributed by atoms with E-state index in [4.69, 9.17) is 23.2 Å². The van der Waals surface area contributed by atoms with E-state index in [0.717, 1.165) is 11.4 Å². The van der Waals surface area contributed by atoms with Gasteiger partial charge in [-0.15, -0.1) is 10.2 Å². The molecule has 0 spiro atoms. The summed E-state index contributed by atoms with van der Waals surface area (Å²) in [5.74, 6) is 0.580. The molecular weight excluding hydrogens is 419 g/mol. The highest BCUT2D eigenvalue weighted by Crippen LogP contribution is 2.30. The maximum atomic E-state index is 12.3. The quantitative estimate of drug-likeness (QED) is 0.523. The number of halogens is 2. The zero-order valence-corrected chi connectivity index (χ0v) is 17.1. The Morgan fingerprint density at radius 1 is 1.07 bits per heavy atom. The summed E-state index contributed by atoms with van der Waals surface area (Å²) < 4.78 is 1.83.